The fraction of sp³-hybridized carbons (Fsp3) is 0.619. The first-order valence-corrected chi connectivity index (χ1v) is 10.4. The summed E-state index contributed by atoms with van der Waals surface area (Å²) < 4.78 is 11.3. The minimum absolute atomic E-state index is 0.156. The Morgan fingerprint density at radius 3 is 2.61 bits per heavy atom. The summed E-state index contributed by atoms with van der Waals surface area (Å²) in [5.41, 5.74) is 1.13. The van der Waals surface area contributed by atoms with Gasteiger partial charge in [-0.3, -0.25) is 15.0 Å². The van der Waals surface area contributed by atoms with E-state index in [1.807, 2.05) is 18.2 Å². The number of amides is 3. The van der Waals surface area contributed by atoms with Crippen LogP contribution in [-0.4, -0.2) is 49.2 Å². The third-order valence-electron chi connectivity index (χ3n) is 5.85. The first-order chi connectivity index (χ1) is 13.7. The summed E-state index contributed by atoms with van der Waals surface area (Å²) in [5, 5.41) is 5.43. The Bertz CT molecular complexity index is 718. The standard InChI is InChI=1S/C21H29N3O4/c25-20(23-21(26)22-16-5-2-1-3-6-16)14-24-10-4-7-17(24)15-8-9-18-19(13-15)28-12-11-27-18/h8-9,13,16-17H,1-7,10-12,14H2,(H2,22,23,25,26)/t17-/m0/s1. The van der Waals surface area contributed by atoms with Crippen molar-refractivity contribution in [3.8, 4) is 11.5 Å². The van der Waals surface area contributed by atoms with Crippen LogP contribution in [-0.2, 0) is 4.79 Å². The van der Waals surface area contributed by atoms with Crippen LogP contribution in [0.3, 0.4) is 0 Å². The molecule has 1 atom stereocenters. The van der Waals surface area contributed by atoms with Crippen LogP contribution in [0.4, 0.5) is 4.79 Å². The van der Waals surface area contributed by atoms with Gasteiger partial charge in [0.05, 0.1) is 6.54 Å². The van der Waals surface area contributed by atoms with Crippen LogP contribution in [0.15, 0.2) is 18.2 Å². The van der Waals surface area contributed by atoms with Crippen LogP contribution in [0.25, 0.3) is 0 Å². The van der Waals surface area contributed by atoms with Gasteiger partial charge in [-0.05, 0) is 49.9 Å². The van der Waals surface area contributed by atoms with Crippen molar-refractivity contribution >= 4 is 11.9 Å². The molecule has 1 aromatic rings. The molecule has 0 aromatic heterocycles. The summed E-state index contributed by atoms with van der Waals surface area (Å²) in [6.07, 6.45) is 7.53. The van der Waals surface area contributed by atoms with Crippen LogP contribution >= 0.6 is 0 Å². The van der Waals surface area contributed by atoms with Gasteiger partial charge in [0.15, 0.2) is 11.5 Å². The van der Waals surface area contributed by atoms with Crippen molar-refractivity contribution in [2.45, 2.75) is 57.0 Å². The lowest BCUT2D eigenvalue weighted by atomic mass is 9.96. The number of likely N-dealkylation sites (tertiary alicyclic amines) is 1. The van der Waals surface area contributed by atoms with Crippen LogP contribution < -0.4 is 20.1 Å². The molecule has 0 spiro atoms. The maximum absolute atomic E-state index is 12.4. The number of benzene rings is 1. The Morgan fingerprint density at radius 1 is 1.00 bits per heavy atom. The molecule has 2 aliphatic heterocycles. The Labute approximate surface area is 165 Å². The molecule has 7 nitrogen and oxygen atoms in total. The molecule has 2 heterocycles. The summed E-state index contributed by atoms with van der Waals surface area (Å²) in [6.45, 7) is 2.20. The quantitative estimate of drug-likeness (QED) is 0.830. The predicted molar refractivity (Wildman–Crippen MR) is 105 cm³/mol. The molecule has 1 saturated heterocycles. The van der Waals surface area contributed by atoms with E-state index < -0.39 is 0 Å². The second kappa shape index (κ2) is 8.82. The topological polar surface area (TPSA) is 79.9 Å². The third-order valence-corrected chi connectivity index (χ3v) is 5.85. The van der Waals surface area contributed by atoms with Crippen molar-refractivity contribution < 1.29 is 19.1 Å². The first kappa shape index (κ1) is 19.1. The number of imide groups is 1. The SMILES string of the molecule is O=C(CN1CCC[C@H]1c1ccc2c(c1)OCCO2)NC(=O)NC1CCCCC1. The molecule has 1 aliphatic carbocycles. The second-order valence-electron chi connectivity index (χ2n) is 7.89. The lowest BCUT2D eigenvalue weighted by Gasteiger charge is -2.26. The number of carbonyl (C=O) groups is 2. The fourth-order valence-corrected chi connectivity index (χ4v) is 4.48. The van der Waals surface area contributed by atoms with Crippen molar-refractivity contribution in [2.24, 2.45) is 0 Å². The number of ether oxygens (including phenoxy) is 2. The van der Waals surface area contributed by atoms with Crippen LogP contribution in [0.5, 0.6) is 11.5 Å². The molecule has 2 N–H and O–H groups in total. The number of hydrogen-bond acceptors (Lipinski definition) is 5. The highest BCUT2D eigenvalue weighted by molar-refractivity contribution is 5.95. The summed E-state index contributed by atoms with van der Waals surface area (Å²) in [6, 6.07) is 5.99. The van der Waals surface area contributed by atoms with Crippen LogP contribution in [0.1, 0.15) is 56.6 Å². The van der Waals surface area contributed by atoms with Gasteiger partial charge in [-0.1, -0.05) is 25.3 Å². The van der Waals surface area contributed by atoms with Gasteiger partial charge in [-0.2, -0.15) is 0 Å². The third kappa shape index (κ3) is 4.58. The molecule has 0 radical (unpaired) electrons. The molecule has 7 heteroatoms. The zero-order valence-corrected chi connectivity index (χ0v) is 16.2. The Morgan fingerprint density at radius 2 is 1.79 bits per heavy atom. The Balaban J connectivity index is 1.32. The first-order valence-electron chi connectivity index (χ1n) is 10.4. The molecule has 4 rings (SSSR count). The van der Waals surface area contributed by atoms with E-state index in [1.54, 1.807) is 0 Å². The van der Waals surface area contributed by atoms with Gasteiger partial charge in [-0.25, -0.2) is 4.79 Å². The number of urea groups is 1. The summed E-state index contributed by atoms with van der Waals surface area (Å²) >= 11 is 0. The summed E-state index contributed by atoms with van der Waals surface area (Å²) in [7, 11) is 0. The molecular formula is C21H29N3O4. The Kier molecular flexibility index (Phi) is 6.00. The number of carbonyl (C=O) groups excluding carboxylic acids is 2. The summed E-state index contributed by atoms with van der Waals surface area (Å²) in [4.78, 5) is 26.7. The predicted octanol–water partition coefficient (Wildman–Crippen LogP) is 2.75. The molecule has 1 saturated carbocycles. The van der Waals surface area contributed by atoms with Gasteiger partial charge in [0.25, 0.3) is 0 Å². The number of fused-ring (bicyclic) bond motifs is 1. The van der Waals surface area contributed by atoms with Crippen molar-refractivity contribution in [1.29, 1.82) is 0 Å². The van der Waals surface area contributed by atoms with Crippen molar-refractivity contribution in [3.63, 3.8) is 0 Å². The zero-order chi connectivity index (χ0) is 19.3. The fourth-order valence-electron chi connectivity index (χ4n) is 4.48. The minimum Gasteiger partial charge on any atom is -0.486 e. The second-order valence-corrected chi connectivity index (χ2v) is 7.89. The normalized spacial score (nSPS) is 22.6. The van der Waals surface area contributed by atoms with E-state index in [9.17, 15) is 9.59 Å². The highest BCUT2D eigenvalue weighted by Gasteiger charge is 2.29. The number of rotatable bonds is 4. The van der Waals surface area contributed by atoms with Crippen LogP contribution in [0.2, 0.25) is 0 Å². The van der Waals surface area contributed by atoms with Gasteiger partial charge in [-0.15, -0.1) is 0 Å². The van der Waals surface area contributed by atoms with E-state index in [0.29, 0.717) is 13.2 Å². The molecule has 3 aliphatic rings. The number of nitrogens with zero attached hydrogens (tertiary/aromatic N) is 1. The average Bonchev–Trinajstić information content (AvgIpc) is 3.16. The van der Waals surface area contributed by atoms with Gasteiger partial charge in [0.2, 0.25) is 5.91 Å². The summed E-state index contributed by atoms with van der Waals surface area (Å²) in [5.74, 6) is 1.29. The monoisotopic (exact) mass is 387 g/mol. The molecule has 28 heavy (non-hydrogen) atoms. The van der Waals surface area contributed by atoms with Crippen LogP contribution in [0, 0.1) is 0 Å². The molecule has 1 aromatic carbocycles. The van der Waals surface area contributed by atoms with E-state index in [1.165, 1.54) is 6.42 Å². The van der Waals surface area contributed by atoms with Gasteiger partial charge >= 0.3 is 6.03 Å². The molecule has 0 unspecified atom stereocenters. The Hall–Kier alpha value is -2.28. The molecule has 3 amide bonds. The van der Waals surface area contributed by atoms with E-state index in [0.717, 1.165) is 62.1 Å². The van der Waals surface area contributed by atoms with Crippen molar-refractivity contribution in [1.82, 2.24) is 15.5 Å². The molecule has 152 valence electrons. The minimum atomic E-state index is -0.369. The van der Waals surface area contributed by atoms with Gasteiger partial charge < -0.3 is 14.8 Å². The van der Waals surface area contributed by atoms with E-state index in [4.69, 9.17) is 9.47 Å². The molecule has 2 fully saturated rings. The van der Waals surface area contributed by atoms with Crippen molar-refractivity contribution in [2.75, 3.05) is 26.3 Å². The largest absolute Gasteiger partial charge is 0.486 e. The zero-order valence-electron chi connectivity index (χ0n) is 16.2. The lowest BCUT2D eigenvalue weighted by molar-refractivity contribution is -0.121. The van der Waals surface area contributed by atoms with E-state index in [2.05, 4.69) is 15.5 Å². The van der Waals surface area contributed by atoms with E-state index in [-0.39, 0.29) is 30.6 Å². The maximum Gasteiger partial charge on any atom is 0.321 e. The smallest absolute Gasteiger partial charge is 0.321 e. The number of hydrogen-bond donors (Lipinski definition) is 2. The number of nitrogens with one attached hydrogen (secondary N) is 2. The van der Waals surface area contributed by atoms with E-state index >= 15 is 0 Å². The average molecular weight is 387 g/mol. The van der Waals surface area contributed by atoms with Gasteiger partial charge in [0.1, 0.15) is 13.2 Å². The highest BCUT2D eigenvalue weighted by Crippen LogP contribution is 2.37. The molecular weight excluding hydrogens is 358 g/mol. The molecule has 0 bridgehead atoms. The van der Waals surface area contributed by atoms with Gasteiger partial charge in [0, 0.05) is 12.1 Å². The highest BCUT2D eigenvalue weighted by atomic mass is 16.6. The maximum atomic E-state index is 12.4. The lowest BCUT2D eigenvalue weighted by Crippen LogP contribution is -2.47. The van der Waals surface area contributed by atoms with Crippen molar-refractivity contribution in [3.05, 3.63) is 23.8 Å².